The first kappa shape index (κ1) is 14.7. The number of hydrogen-bond donors (Lipinski definition) is 2. The maximum Gasteiger partial charge on any atom is 0.252 e. The van der Waals surface area contributed by atoms with Crippen LogP contribution in [0.3, 0.4) is 0 Å². The van der Waals surface area contributed by atoms with Gasteiger partial charge in [-0.15, -0.1) is 0 Å². The Morgan fingerprint density at radius 3 is 2.39 bits per heavy atom. The van der Waals surface area contributed by atoms with E-state index in [0.717, 1.165) is 11.1 Å². The van der Waals surface area contributed by atoms with Crippen molar-refractivity contribution in [3.05, 3.63) is 35.4 Å². The molecule has 0 saturated carbocycles. The Bertz CT molecular complexity index is 399. The van der Waals surface area contributed by atoms with Crippen LogP contribution in [0.25, 0.3) is 0 Å². The molecule has 1 aromatic rings. The van der Waals surface area contributed by atoms with Crippen molar-refractivity contribution in [3.63, 3.8) is 0 Å². The number of amides is 1. The monoisotopic (exact) mass is 250 g/mol. The van der Waals surface area contributed by atoms with Crippen LogP contribution in [0.5, 0.6) is 0 Å². The van der Waals surface area contributed by atoms with Gasteiger partial charge in [0.15, 0.2) is 0 Å². The summed E-state index contributed by atoms with van der Waals surface area (Å²) in [5, 5.41) is 2.93. The van der Waals surface area contributed by atoms with E-state index in [2.05, 4.69) is 5.32 Å². The number of carbonyl (C=O) groups excluding carboxylic acids is 1. The van der Waals surface area contributed by atoms with Crippen LogP contribution in [0.15, 0.2) is 24.3 Å². The summed E-state index contributed by atoms with van der Waals surface area (Å²) >= 11 is 0. The molecule has 0 aliphatic carbocycles. The number of methoxy groups -OCH3 is 1. The number of carbonyl (C=O) groups is 1. The van der Waals surface area contributed by atoms with E-state index in [1.165, 1.54) is 7.11 Å². The second-order valence-electron chi connectivity index (χ2n) is 4.86. The van der Waals surface area contributed by atoms with Crippen molar-refractivity contribution in [2.45, 2.75) is 39.0 Å². The predicted octanol–water partition coefficient (Wildman–Crippen LogP) is 1.75. The summed E-state index contributed by atoms with van der Waals surface area (Å²) in [6, 6.07) is 7.84. The van der Waals surface area contributed by atoms with Crippen molar-refractivity contribution >= 4 is 5.91 Å². The van der Waals surface area contributed by atoms with Crippen LogP contribution >= 0.6 is 0 Å². The summed E-state index contributed by atoms with van der Waals surface area (Å²) in [5.74, 6) is -0.125. The summed E-state index contributed by atoms with van der Waals surface area (Å²) in [4.78, 5) is 11.9. The van der Waals surface area contributed by atoms with Crippen molar-refractivity contribution in [1.29, 1.82) is 0 Å². The first-order valence-corrected chi connectivity index (χ1v) is 6.05. The molecular weight excluding hydrogens is 228 g/mol. The van der Waals surface area contributed by atoms with Gasteiger partial charge in [0.1, 0.15) is 5.60 Å². The Labute approximate surface area is 109 Å². The molecule has 4 heteroatoms. The lowest BCUT2D eigenvalue weighted by molar-refractivity contribution is -0.140. The van der Waals surface area contributed by atoms with Crippen molar-refractivity contribution in [1.82, 2.24) is 5.32 Å². The number of rotatable bonds is 5. The molecule has 0 saturated heterocycles. The van der Waals surface area contributed by atoms with Crippen molar-refractivity contribution in [2.75, 3.05) is 7.11 Å². The average molecular weight is 250 g/mol. The Hall–Kier alpha value is -1.39. The van der Waals surface area contributed by atoms with E-state index >= 15 is 0 Å². The molecule has 0 aliphatic rings. The van der Waals surface area contributed by atoms with Gasteiger partial charge < -0.3 is 15.8 Å². The second-order valence-corrected chi connectivity index (χ2v) is 4.86. The van der Waals surface area contributed by atoms with Gasteiger partial charge in [-0.1, -0.05) is 24.3 Å². The Balaban J connectivity index is 2.70. The van der Waals surface area contributed by atoms with E-state index in [1.807, 2.05) is 31.2 Å². The highest BCUT2D eigenvalue weighted by Crippen LogP contribution is 2.16. The van der Waals surface area contributed by atoms with Gasteiger partial charge in [-0.2, -0.15) is 0 Å². The van der Waals surface area contributed by atoms with Crippen LogP contribution in [-0.4, -0.2) is 18.6 Å². The quantitative estimate of drug-likeness (QED) is 0.836. The minimum atomic E-state index is -0.814. The fourth-order valence-electron chi connectivity index (χ4n) is 1.49. The minimum absolute atomic E-state index is 0.0567. The zero-order valence-electron chi connectivity index (χ0n) is 11.5. The molecule has 1 unspecified atom stereocenters. The van der Waals surface area contributed by atoms with Crippen LogP contribution in [0.4, 0.5) is 0 Å². The molecule has 0 heterocycles. The largest absolute Gasteiger partial charge is 0.369 e. The summed E-state index contributed by atoms with van der Waals surface area (Å²) in [5.41, 5.74) is 6.86. The molecule has 100 valence electrons. The molecule has 4 nitrogen and oxygen atoms in total. The zero-order chi connectivity index (χ0) is 13.8. The Morgan fingerprint density at radius 1 is 1.39 bits per heavy atom. The molecule has 0 radical (unpaired) electrons. The number of ether oxygens (including phenoxy) is 1. The summed E-state index contributed by atoms with van der Waals surface area (Å²) in [7, 11) is 1.53. The van der Waals surface area contributed by atoms with Gasteiger partial charge >= 0.3 is 0 Å². The van der Waals surface area contributed by atoms with Crippen LogP contribution in [0, 0.1) is 0 Å². The highest BCUT2D eigenvalue weighted by Gasteiger charge is 2.28. The molecule has 0 aliphatic heterocycles. The fourth-order valence-corrected chi connectivity index (χ4v) is 1.49. The van der Waals surface area contributed by atoms with Crippen molar-refractivity contribution in [2.24, 2.45) is 5.73 Å². The highest BCUT2D eigenvalue weighted by atomic mass is 16.5. The molecule has 0 aromatic heterocycles. The third-order valence-electron chi connectivity index (χ3n) is 3.12. The average Bonchev–Trinajstić information content (AvgIpc) is 2.38. The van der Waals surface area contributed by atoms with Crippen LogP contribution < -0.4 is 11.1 Å². The van der Waals surface area contributed by atoms with Gasteiger partial charge in [0, 0.05) is 13.7 Å². The van der Waals surface area contributed by atoms with E-state index < -0.39 is 5.60 Å². The molecule has 3 N–H and O–H groups in total. The Morgan fingerprint density at radius 2 is 1.94 bits per heavy atom. The van der Waals surface area contributed by atoms with Crippen LogP contribution in [0.1, 0.15) is 37.9 Å². The summed E-state index contributed by atoms with van der Waals surface area (Å²) < 4.78 is 5.14. The molecule has 1 atom stereocenters. The smallest absolute Gasteiger partial charge is 0.252 e. The van der Waals surface area contributed by atoms with Gasteiger partial charge in [-0.3, -0.25) is 4.79 Å². The van der Waals surface area contributed by atoms with E-state index in [4.69, 9.17) is 10.5 Å². The number of nitrogens with two attached hydrogens (primary N) is 1. The lowest BCUT2D eigenvalue weighted by Crippen LogP contribution is -2.44. The first-order chi connectivity index (χ1) is 8.40. The van der Waals surface area contributed by atoms with E-state index in [1.54, 1.807) is 13.8 Å². The topological polar surface area (TPSA) is 64.3 Å². The maximum absolute atomic E-state index is 11.9. The standard InChI is InChI=1S/C14H22N2O2/c1-10(16-13(17)14(2,3)18-4)12-7-5-11(9-15)6-8-12/h5-8,10H,9,15H2,1-4H3,(H,16,17). The third-order valence-corrected chi connectivity index (χ3v) is 3.12. The number of nitrogens with one attached hydrogen (secondary N) is 1. The van der Waals surface area contributed by atoms with Gasteiger partial charge in [0.25, 0.3) is 5.91 Å². The molecule has 1 amide bonds. The van der Waals surface area contributed by atoms with Gasteiger partial charge in [0.05, 0.1) is 6.04 Å². The summed E-state index contributed by atoms with van der Waals surface area (Å²) in [6.07, 6.45) is 0. The number of benzene rings is 1. The molecule has 18 heavy (non-hydrogen) atoms. The number of hydrogen-bond acceptors (Lipinski definition) is 3. The van der Waals surface area contributed by atoms with Crippen molar-refractivity contribution in [3.8, 4) is 0 Å². The first-order valence-electron chi connectivity index (χ1n) is 6.05. The second kappa shape index (κ2) is 5.98. The normalized spacial score (nSPS) is 13.2. The lowest BCUT2D eigenvalue weighted by Gasteiger charge is -2.24. The predicted molar refractivity (Wildman–Crippen MR) is 72.0 cm³/mol. The van der Waals surface area contributed by atoms with Crippen molar-refractivity contribution < 1.29 is 9.53 Å². The van der Waals surface area contributed by atoms with E-state index in [0.29, 0.717) is 6.54 Å². The molecule has 1 rings (SSSR count). The molecule has 0 fully saturated rings. The highest BCUT2D eigenvalue weighted by molar-refractivity contribution is 5.84. The third kappa shape index (κ3) is 3.55. The van der Waals surface area contributed by atoms with E-state index in [-0.39, 0.29) is 11.9 Å². The molecule has 0 bridgehead atoms. The molecular formula is C14H22N2O2. The summed E-state index contributed by atoms with van der Waals surface area (Å²) in [6.45, 7) is 5.96. The fraction of sp³-hybridized carbons (Fsp3) is 0.500. The Kier molecular flexibility index (Phi) is 4.87. The van der Waals surface area contributed by atoms with Gasteiger partial charge in [-0.05, 0) is 31.9 Å². The maximum atomic E-state index is 11.9. The lowest BCUT2D eigenvalue weighted by atomic mass is 10.0. The van der Waals surface area contributed by atoms with Gasteiger partial charge in [-0.25, -0.2) is 0 Å². The SMILES string of the molecule is COC(C)(C)C(=O)NC(C)c1ccc(CN)cc1. The van der Waals surface area contributed by atoms with Crippen LogP contribution in [-0.2, 0) is 16.1 Å². The van der Waals surface area contributed by atoms with Crippen LogP contribution in [0.2, 0.25) is 0 Å². The molecule has 0 spiro atoms. The van der Waals surface area contributed by atoms with Gasteiger partial charge in [0.2, 0.25) is 0 Å². The molecule has 1 aromatic carbocycles. The van der Waals surface area contributed by atoms with E-state index in [9.17, 15) is 4.79 Å². The zero-order valence-corrected chi connectivity index (χ0v) is 11.5. The minimum Gasteiger partial charge on any atom is -0.369 e.